The number of alkyl halides is 1. The molecule has 21 heavy (non-hydrogen) atoms. The molecule has 1 fully saturated rings. The summed E-state index contributed by atoms with van der Waals surface area (Å²) < 4.78 is 27.7. The molecule has 2 aromatic rings. The van der Waals surface area contributed by atoms with Crippen molar-refractivity contribution in [2.75, 3.05) is 11.5 Å². The number of fused-ring (bicyclic) bond motifs is 1. The van der Waals surface area contributed by atoms with Gasteiger partial charge in [-0.25, -0.2) is 13.4 Å². The van der Waals surface area contributed by atoms with E-state index in [0.29, 0.717) is 12.2 Å². The topological polar surface area (TPSA) is 69.8 Å². The smallest absolute Gasteiger partial charge is 0.159 e. The highest BCUT2D eigenvalue weighted by atomic mass is 35.5. The van der Waals surface area contributed by atoms with Gasteiger partial charge in [-0.15, -0.1) is 11.6 Å². The molecule has 3 heterocycles. The minimum absolute atomic E-state index is 0.117. The molecule has 1 aliphatic rings. The number of sulfone groups is 1. The number of halogens is 1. The van der Waals surface area contributed by atoms with Gasteiger partial charge in [0.05, 0.1) is 28.1 Å². The van der Waals surface area contributed by atoms with Gasteiger partial charge in [0.1, 0.15) is 11.3 Å². The molecule has 2 atom stereocenters. The van der Waals surface area contributed by atoms with Gasteiger partial charge in [0.25, 0.3) is 0 Å². The highest BCUT2D eigenvalue weighted by Crippen LogP contribution is 2.38. The van der Waals surface area contributed by atoms with Crippen molar-refractivity contribution in [3.8, 4) is 0 Å². The first-order valence-electron chi connectivity index (χ1n) is 6.91. The van der Waals surface area contributed by atoms with E-state index in [1.54, 1.807) is 4.68 Å². The van der Waals surface area contributed by atoms with Crippen LogP contribution >= 0.6 is 11.6 Å². The summed E-state index contributed by atoms with van der Waals surface area (Å²) in [6, 6.07) is 0. The zero-order valence-electron chi connectivity index (χ0n) is 12.6. The van der Waals surface area contributed by atoms with E-state index in [1.807, 2.05) is 32.4 Å². The fourth-order valence-electron chi connectivity index (χ4n) is 3.26. The molecule has 2 aromatic heterocycles. The van der Waals surface area contributed by atoms with Crippen LogP contribution in [0.2, 0.25) is 0 Å². The Bertz CT molecular complexity index is 821. The van der Waals surface area contributed by atoms with Crippen molar-refractivity contribution < 1.29 is 8.42 Å². The summed E-state index contributed by atoms with van der Waals surface area (Å²) in [5.41, 5.74) is 1.95. The van der Waals surface area contributed by atoms with Crippen LogP contribution in [0.3, 0.4) is 0 Å². The van der Waals surface area contributed by atoms with E-state index in [4.69, 9.17) is 11.6 Å². The highest BCUT2D eigenvalue weighted by Gasteiger charge is 2.43. The van der Waals surface area contributed by atoms with Crippen molar-refractivity contribution in [3.63, 3.8) is 0 Å². The molecule has 0 N–H and O–H groups in total. The van der Waals surface area contributed by atoms with E-state index < -0.39 is 15.4 Å². The number of hydrogen-bond donors (Lipinski definition) is 0. The number of imidazole rings is 1. The number of aryl methyl sites for hydroxylation is 2. The molecule has 8 heteroatoms. The minimum Gasteiger partial charge on any atom is -0.305 e. The predicted octanol–water partition coefficient (Wildman–Crippen LogP) is 1.91. The fourth-order valence-corrected chi connectivity index (χ4v) is 5.52. The lowest BCUT2D eigenvalue weighted by molar-refractivity contribution is 0.358. The van der Waals surface area contributed by atoms with E-state index in [2.05, 4.69) is 10.1 Å². The number of hydrogen-bond acceptors (Lipinski definition) is 4. The Balaban J connectivity index is 2.32. The van der Waals surface area contributed by atoms with Crippen molar-refractivity contribution in [2.24, 2.45) is 7.05 Å². The normalized spacial score (nSPS) is 26.5. The molecule has 0 aliphatic carbocycles. The summed E-state index contributed by atoms with van der Waals surface area (Å²) in [6.45, 7) is 5.72. The molecular formula is C13H19ClN4O2S. The van der Waals surface area contributed by atoms with Crippen LogP contribution in [0.15, 0.2) is 0 Å². The lowest BCUT2D eigenvalue weighted by atomic mass is 10.0. The van der Waals surface area contributed by atoms with E-state index in [-0.39, 0.29) is 16.9 Å². The molecule has 6 nitrogen and oxygen atoms in total. The molecular weight excluding hydrogens is 312 g/mol. The lowest BCUT2D eigenvalue weighted by Crippen LogP contribution is -2.33. The Kier molecular flexibility index (Phi) is 3.15. The predicted molar refractivity (Wildman–Crippen MR) is 82.4 cm³/mol. The average Bonchev–Trinajstić information content (AvgIpc) is 2.95. The van der Waals surface area contributed by atoms with Gasteiger partial charge < -0.3 is 4.57 Å². The molecule has 0 amide bonds. The van der Waals surface area contributed by atoms with Gasteiger partial charge in [-0.3, -0.25) is 4.68 Å². The van der Waals surface area contributed by atoms with E-state index in [0.717, 1.165) is 16.9 Å². The summed E-state index contributed by atoms with van der Waals surface area (Å²) in [7, 11) is -1.17. The van der Waals surface area contributed by atoms with E-state index in [9.17, 15) is 8.42 Å². The molecule has 0 aromatic carbocycles. The Labute approximate surface area is 129 Å². The van der Waals surface area contributed by atoms with Gasteiger partial charge in [-0.05, 0) is 27.2 Å². The fraction of sp³-hybridized carbons (Fsp3) is 0.692. The number of nitrogens with zero attached hydrogens (tertiary/aromatic N) is 4. The second kappa shape index (κ2) is 4.46. The average molecular weight is 331 g/mol. The van der Waals surface area contributed by atoms with Crippen LogP contribution in [0.4, 0.5) is 0 Å². The van der Waals surface area contributed by atoms with Crippen LogP contribution < -0.4 is 0 Å². The van der Waals surface area contributed by atoms with Crippen LogP contribution in [-0.2, 0) is 22.4 Å². The summed E-state index contributed by atoms with van der Waals surface area (Å²) >= 11 is 6.29. The third-order valence-electron chi connectivity index (χ3n) is 4.21. The quantitative estimate of drug-likeness (QED) is 0.789. The molecule has 0 bridgehead atoms. The van der Waals surface area contributed by atoms with Crippen molar-refractivity contribution in [1.29, 1.82) is 0 Å². The third kappa shape index (κ3) is 2.17. The standard InChI is InChI=1S/C13H19ClN4O2S/c1-8(14)11-15-10-9(2)16-17(4)12(10)18(11)13(3)5-6-21(19,20)7-13/h8H,5-7H2,1-4H3. The zero-order chi connectivity index (χ0) is 15.6. The summed E-state index contributed by atoms with van der Waals surface area (Å²) in [5.74, 6) is 1.03. The van der Waals surface area contributed by atoms with Crippen LogP contribution in [0, 0.1) is 6.92 Å². The maximum Gasteiger partial charge on any atom is 0.159 e. The van der Waals surface area contributed by atoms with Crippen LogP contribution in [-0.4, -0.2) is 39.3 Å². The van der Waals surface area contributed by atoms with Crippen molar-refractivity contribution in [1.82, 2.24) is 19.3 Å². The van der Waals surface area contributed by atoms with E-state index in [1.165, 1.54) is 0 Å². The zero-order valence-corrected chi connectivity index (χ0v) is 14.2. The second-order valence-corrected chi connectivity index (χ2v) is 8.98. The monoisotopic (exact) mass is 330 g/mol. The van der Waals surface area contributed by atoms with Gasteiger partial charge in [-0.1, -0.05) is 0 Å². The maximum atomic E-state index is 12.0. The number of rotatable bonds is 2. The largest absolute Gasteiger partial charge is 0.305 e. The van der Waals surface area contributed by atoms with Crippen LogP contribution in [0.5, 0.6) is 0 Å². The van der Waals surface area contributed by atoms with Crippen molar-refractivity contribution >= 4 is 32.6 Å². The van der Waals surface area contributed by atoms with E-state index >= 15 is 0 Å². The SMILES string of the molecule is Cc1nn(C)c2c1nc(C(C)Cl)n2C1(C)CCS(=O)(=O)C1. The molecule has 0 spiro atoms. The van der Waals surface area contributed by atoms with Crippen LogP contribution in [0.1, 0.15) is 37.2 Å². The van der Waals surface area contributed by atoms with Gasteiger partial charge in [0.15, 0.2) is 15.5 Å². The number of aromatic nitrogens is 4. The second-order valence-electron chi connectivity index (χ2n) is 6.14. The molecule has 1 aliphatic heterocycles. The minimum atomic E-state index is -3.02. The first-order valence-corrected chi connectivity index (χ1v) is 9.17. The Hall–Kier alpha value is -1.08. The maximum absolute atomic E-state index is 12.0. The van der Waals surface area contributed by atoms with Crippen molar-refractivity contribution in [3.05, 3.63) is 11.5 Å². The first-order chi connectivity index (χ1) is 9.65. The van der Waals surface area contributed by atoms with Crippen molar-refractivity contribution in [2.45, 2.75) is 38.1 Å². The van der Waals surface area contributed by atoms with Crippen LogP contribution in [0.25, 0.3) is 11.2 Å². The van der Waals surface area contributed by atoms with Gasteiger partial charge in [-0.2, -0.15) is 5.10 Å². The molecule has 2 unspecified atom stereocenters. The summed E-state index contributed by atoms with van der Waals surface area (Å²) in [6.07, 6.45) is 0.571. The lowest BCUT2D eigenvalue weighted by Gasteiger charge is -2.28. The van der Waals surface area contributed by atoms with Gasteiger partial charge in [0.2, 0.25) is 0 Å². The third-order valence-corrected chi connectivity index (χ3v) is 6.29. The Morgan fingerprint density at radius 3 is 2.62 bits per heavy atom. The van der Waals surface area contributed by atoms with Gasteiger partial charge >= 0.3 is 0 Å². The van der Waals surface area contributed by atoms with Gasteiger partial charge in [0, 0.05) is 7.05 Å². The summed E-state index contributed by atoms with van der Waals surface area (Å²) in [4.78, 5) is 4.62. The Morgan fingerprint density at radius 2 is 2.10 bits per heavy atom. The summed E-state index contributed by atoms with van der Waals surface area (Å²) in [5, 5.41) is 4.10. The highest BCUT2D eigenvalue weighted by molar-refractivity contribution is 7.91. The molecule has 1 saturated heterocycles. The molecule has 0 radical (unpaired) electrons. The molecule has 116 valence electrons. The molecule has 0 saturated carbocycles. The molecule has 3 rings (SSSR count). The first kappa shape index (κ1) is 14.8. The Morgan fingerprint density at radius 1 is 1.43 bits per heavy atom.